The van der Waals surface area contributed by atoms with Crippen molar-refractivity contribution in [3.63, 3.8) is 0 Å². The Morgan fingerprint density at radius 1 is 1.40 bits per heavy atom. The maximum absolute atomic E-state index is 12.1. The standard InChI is InChI=1S/C13H12BrF3N2O/c1-7-9(5-12(20)18-6-13(15,16)17)10-4-8(14)2-3-11(10)19-7/h2-4,19H,5-6H2,1H3,(H,18,20). The molecule has 20 heavy (non-hydrogen) atoms. The highest BCUT2D eigenvalue weighted by Crippen LogP contribution is 2.26. The fraction of sp³-hybridized carbons (Fsp3) is 0.308. The van der Waals surface area contributed by atoms with E-state index in [9.17, 15) is 18.0 Å². The van der Waals surface area contributed by atoms with Gasteiger partial charge in [-0.1, -0.05) is 15.9 Å². The number of rotatable bonds is 3. The van der Waals surface area contributed by atoms with Crippen LogP contribution in [0.15, 0.2) is 22.7 Å². The van der Waals surface area contributed by atoms with E-state index in [1.807, 2.05) is 23.5 Å². The van der Waals surface area contributed by atoms with Crippen molar-refractivity contribution in [2.75, 3.05) is 6.54 Å². The number of nitrogens with one attached hydrogen (secondary N) is 2. The van der Waals surface area contributed by atoms with Gasteiger partial charge in [-0.2, -0.15) is 13.2 Å². The molecule has 0 aliphatic heterocycles. The number of carbonyl (C=O) groups is 1. The lowest BCUT2D eigenvalue weighted by atomic mass is 10.1. The third-order valence-electron chi connectivity index (χ3n) is 2.90. The van der Waals surface area contributed by atoms with Gasteiger partial charge in [-0.25, -0.2) is 0 Å². The number of amides is 1. The fourth-order valence-corrected chi connectivity index (χ4v) is 2.37. The van der Waals surface area contributed by atoms with Crippen LogP contribution in [0.3, 0.4) is 0 Å². The Morgan fingerprint density at radius 2 is 2.10 bits per heavy atom. The molecule has 3 nitrogen and oxygen atoms in total. The number of H-pyrrole nitrogens is 1. The largest absolute Gasteiger partial charge is 0.405 e. The van der Waals surface area contributed by atoms with Gasteiger partial charge in [0.1, 0.15) is 6.54 Å². The number of fused-ring (bicyclic) bond motifs is 1. The second kappa shape index (κ2) is 5.47. The lowest BCUT2D eigenvalue weighted by Crippen LogP contribution is -2.34. The first kappa shape index (κ1) is 14.9. The molecular formula is C13H12BrF3N2O. The van der Waals surface area contributed by atoms with Crippen LogP contribution in [0.2, 0.25) is 0 Å². The quantitative estimate of drug-likeness (QED) is 0.876. The van der Waals surface area contributed by atoms with E-state index < -0.39 is 18.6 Å². The molecule has 0 unspecified atom stereocenters. The van der Waals surface area contributed by atoms with E-state index >= 15 is 0 Å². The average molecular weight is 349 g/mol. The molecule has 2 aromatic rings. The van der Waals surface area contributed by atoms with Crippen LogP contribution in [0, 0.1) is 6.92 Å². The second-order valence-corrected chi connectivity index (χ2v) is 5.40. The summed E-state index contributed by atoms with van der Waals surface area (Å²) in [6.45, 7) is 0.483. The lowest BCUT2D eigenvalue weighted by Gasteiger charge is -2.08. The summed E-state index contributed by atoms with van der Waals surface area (Å²) in [5, 5.41) is 2.71. The van der Waals surface area contributed by atoms with Crippen LogP contribution < -0.4 is 5.32 Å². The Hall–Kier alpha value is -1.50. The van der Waals surface area contributed by atoms with Crippen LogP contribution in [0.1, 0.15) is 11.3 Å². The topological polar surface area (TPSA) is 44.9 Å². The maximum atomic E-state index is 12.1. The summed E-state index contributed by atoms with van der Waals surface area (Å²) in [6.07, 6.45) is -4.48. The van der Waals surface area contributed by atoms with Gasteiger partial charge in [0.05, 0.1) is 6.42 Å². The van der Waals surface area contributed by atoms with Crippen molar-refractivity contribution in [3.8, 4) is 0 Å². The zero-order chi connectivity index (χ0) is 14.9. The van der Waals surface area contributed by atoms with Gasteiger partial charge in [-0.05, 0) is 30.7 Å². The monoisotopic (exact) mass is 348 g/mol. The van der Waals surface area contributed by atoms with Crippen LogP contribution in [-0.2, 0) is 11.2 Å². The molecule has 0 atom stereocenters. The van der Waals surface area contributed by atoms with E-state index in [1.54, 1.807) is 6.92 Å². The Labute approximate surface area is 121 Å². The first-order valence-electron chi connectivity index (χ1n) is 5.86. The van der Waals surface area contributed by atoms with E-state index in [2.05, 4.69) is 20.9 Å². The van der Waals surface area contributed by atoms with Crippen LogP contribution in [-0.4, -0.2) is 23.6 Å². The molecule has 2 N–H and O–H groups in total. The van der Waals surface area contributed by atoms with E-state index in [0.29, 0.717) is 5.56 Å². The Kier molecular flexibility index (Phi) is 4.08. The van der Waals surface area contributed by atoms with Gasteiger partial charge in [-0.15, -0.1) is 0 Å². The summed E-state index contributed by atoms with van der Waals surface area (Å²) >= 11 is 3.34. The summed E-state index contributed by atoms with van der Waals surface area (Å²) in [5.74, 6) is -0.647. The highest BCUT2D eigenvalue weighted by atomic mass is 79.9. The molecule has 1 amide bonds. The van der Waals surface area contributed by atoms with Gasteiger partial charge in [0.2, 0.25) is 5.91 Å². The number of aromatic nitrogens is 1. The van der Waals surface area contributed by atoms with Crippen LogP contribution in [0.5, 0.6) is 0 Å². The van der Waals surface area contributed by atoms with Gasteiger partial charge in [0, 0.05) is 21.1 Å². The predicted molar refractivity (Wildman–Crippen MR) is 73.5 cm³/mol. The van der Waals surface area contributed by atoms with E-state index in [-0.39, 0.29) is 6.42 Å². The van der Waals surface area contributed by atoms with Crippen molar-refractivity contribution in [2.24, 2.45) is 0 Å². The number of hydrogen-bond acceptors (Lipinski definition) is 1. The highest BCUT2D eigenvalue weighted by Gasteiger charge is 2.27. The van der Waals surface area contributed by atoms with Gasteiger partial charge >= 0.3 is 6.18 Å². The minimum absolute atomic E-state index is 0.0850. The smallest absolute Gasteiger partial charge is 0.358 e. The van der Waals surface area contributed by atoms with Crippen molar-refractivity contribution in [1.82, 2.24) is 10.3 Å². The molecule has 0 spiro atoms. The molecule has 108 valence electrons. The molecule has 0 aliphatic rings. The minimum atomic E-state index is -4.39. The van der Waals surface area contributed by atoms with Crippen LogP contribution in [0.25, 0.3) is 10.9 Å². The zero-order valence-corrected chi connectivity index (χ0v) is 12.2. The summed E-state index contributed by atoms with van der Waals surface area (Å²) in [6, 6.07) is 5.54. The van der Waals surface area contributed by atoms with E-state index in [4.69, 9.17) is 0 Å². The molecule has 2 rings (SSSR count). The summed E-state index contributed by atoms with van der Waals surface area (Å²) < 4.78 is 37.0. The third-order valence-corrected chi connectivity index (χ3v) is 3.40. The molecule has 7 heteroatoms. The molecule has 0 radical (unpaired) electrons. The van der Waals surface area contributed by atoms with Crippen LogP contribution in [0.4, 0.5) is 13.2 Å². The number of halogens is 4. The maximum Gasteiger partial charge on any atom is 0.405 e. The molecule has 0 bridgehead atoms. The normalized spacial score (nSPS) is 11.8. The van der Waals surface area contributed by atoms with Crippen molar-refractivity contribution < 1.29 is 18.0 Å². The average Bonchev–Trinajstić information content (AvgIpc) is 2.63. The first-order chi connectivity index (χ1) is 9.26. The summed E-state index contributed by atoms with van der Waals surface area (Å²) in [4.78, 5) is 14.7. The molecule has 0 aliphatic carbocycles. The Morgan fingerprint density at radius 3 is 2.75 bits per heavy atom. The van der Waals surface area contributed by atoms with Gasteiger partial charge in [0.25, 0.3) is 0 Å². The summed E-state index contributed by atoms with van der Waals surface area (Å²) in [5.41, 5.74) is 2.34. The predicted octanol–water partition coefficient (Wildman–Crippen LogP) is 3.46. The number of aryl methyl sites for hydroxylation is 1. The second-order valence-electron chi connectivity index (χ2n) is 4.49. The first-order valence-corrected chi connectivity index (χ1v) is 6.66. The molecule has 1 aromatic carbocycles. The van der Waals surface area contributed by atoms with Crippen molar-refractivity contribution in [2.45, 2.75) is 19.5 Å². The molecule has 1 heterocycles. The lowest BCUT2D eigenvalue weighted by molar-refractivity contribution is -0.138. The molecule has 0 saturated heterocycles. The number of carbonyl (C=O) groups excluding carboxylic acids is 1. The van der Waals surface area contributed by atoms with Gasteiger partial charge < -0.3 is 10.3 Å². The number of benzene rings is 1. The van der Waals surface area contributed by atoms with E-state index in [1.165, 1.54) is 0 Å². The highest BCUT2D eigenvalue weighted by molar-refractivity contribution is 9.10. The molecule has 1 aromatic heterocycles. The van der Waals surface area contributed by atoms with Gasteiger partial charge in [0.15, 0.2) is 0 Å². The zero-order valence-electron chi connectivity index (χ0n) is 10.6. The van der Waals surface area contributed by atoms with Crippen molar-refractivity contribution in [3.05, 3.63) is 33.9 Å². The van der Waals surface area contributed by atoms with Gasteiger partial charge in [-0.3, -0.25) is 4.79 Å². The Bertz CT molecular complexity index is 649. The molecule has 0 fully saturated rings. The van der Waals surface area contributed by atoms with Crippen molar-refractivity contribution >= 4 is 32.7 Å². The fourth-order valence-electron chi connectivity index (χ4n) is 2.00. The van der Waals surface area contributed by atoms with E-state index in [0.717, 1.165) is 21.1 Å². The minimum Gasteiger partial charge on any atom is -0.358 e. The molecule has 0 saturated carbocycles. The third kappa shape index (κ3) is 3.53. The Balaban J connectivity index is 2.19. The number of alkyl halides is 3. The molecular weight excluding hydrogens is 337 g/mol. The summed E-state index contributed by atoms with van der Waals surface area (Å²) in [7, 11) is 0. The van der Waals surface area contributed by atoms with Crippen molar-refractivity contribution in [1.29, 1.82) is 0 Å². The number of hydrogen-bond donors (Lipinski definition) is 2. The van der Waals surface area contributed by atoms with Crippen LogP contribution >= 0.6 is 15.9 Å². The number of aromatic amines is 1. The SMILES string of the molecule is Cc1[nH]c2ccc(Br)cc2c1CC(=O)NCC(F)(F)F.